The summed E-state index contributed by atoms with van der Waals surface area (Å²) in [5, 5.41) is 10.6. The molecule has 24 heavy (non-hydrogen) atoms. The second kappa shape index (κ2) is 7.53. The highest BCUT2D eigenvalue weighted by Gasteiger charge is 2.38. The summed E-state index contributed by atoms with van der Waals surface area (Å²) in [5.41, 5.74) is 1.09. The second-order valence-corrected chi connectivity index (χ2v) is 6.87. The summed E-state index contributed by atoms with van der Waals surface area (Å²) in [6.07, 6.45) is 4.21. The van der Waals surface area contributed by atoms with Crippen LogP contribution in [0.5, 0.6) is 0 Å². The van der Waals surface area contributed by atoms with Crippen LogP contribution in [0.2, 0.25) is 0 Å². The number of carbonyl (C=O) groups excluding carboxylic acids is 2. The van der Waals surface area contributed by atoms with Crippen LogP contribution < -0.4 is 10.6 Å². The van der Waals surface area contributed by atoms with Crippen molar-refractivity contribution in [1.29, 1.82) is 0 Å². The molecule has 2 saturated heterocycles. The minimum absolute atomic E-state index is 0. The van der Waals surface area contributed by atoms with Gasteiger partial charge in [0, 0.05) is 51.3 Å². The zero-order chi connectivity index (χ0) is 16.6. The molecule has 2 aliphatic heterocycles. The quantitative estimate of drug-likeness (QED) is 0.812. The van der Waals surface area contributed by atoms with Crippen LogP contribution in [0.15, 0.2) is 12.4 Å². The summed E-state index contributed by atoms with van der Waals surface area (Å²) >= 11 is 0. The lowest BCUT2D eigenvalue weighted by Crippen LogP contribution is -2.43. The van der Waals surface area contributed by atoms with Crippen molar-refractivity contribution < 1.29 is 9.59 Å². The summed E-state index contributed by atoms with van der Waals surface area (Å²) in [6, 6.07) is 0.105. The third-order valence-electron chi connectivity index (χ3n) is 4.83. The third kappa shape index (κ3) is 3.72. The Kier molecular flexibility index (Phi) is 5.87. The third-order valence-corrected chi connectivity index (χ3v) is 4.83. The predicted molar refractivity (Wildman–Crippen MR) is 93.0 cm³/mol. The molecule has 1 unspecified atom stereocenters. The number of aryl methyl sites for hydroxylation is 1. The molecule has 0 radical (unpaired) electrons. The summed E-state index contributed by atoms with van der Waals surface area (Å²) in [6.45, 7) is 6.06. The van der Waals surface area contributed by atoms with Crippen molar-refractivity contribution in [3.63, 3.8) is 0 Å². The van der Waals surface area contributed by atoms with Crippen molar-refractivity contribution in [2.75, 3.05) is 19.6 Å². The molecule has 0 aliphatic carbocycles. The molecule has 3 atom stereocenters. The van der Waals surface area contributed by atoms with E-state index in [9.17, 15) is 9.59 Å². The molecule has 7 nitrogen and oxygen atoms in total. The fourth-order valence-corrected chi connectivity index (χ4v) is 3.57. The van der Waals surface area contributed by atoms with E-state index < -0.39 is 0 Å². The van der Waals surface area contributed by atoms with Crippen LogP contribution in [0.3, 0.4) is 0 Å². The smallest absolute Gasteiger partial charge is 0.225 e. The molecular weight excluding hydrogens is 330 g/mol. The van der Waals surface area contributed by atoms with Crippen molar-refractivity contribution in [3.05, 3.63) is 18.0 Å². The van der Waals surface area contributed by atoms with Crippen molar-refractivity contribution in [2.45, 2.75) is 38.3 Å². The number of rotatable bonds is 4. The topological polar surface area (TPSA) is 79.3 Å². The van der Waals surface area contributed by atoms with Crippen molar-refractivity contribution in [2.24, 2.45) is 13.0 Å². The molecule has 8 heteroatoms. The zero-order valence-electron chi connectivity index (χ0n) is 14.4. The molecule has 0 spiro atoms. The Morgan fingerprint density at radius 1 is 1.42 bits per heavy atom. The van der Waals surface area contributed by atoms with E-state index in [0.717, 1.165) is 12.1 Å². The van der Waals surface area contributed by atoms with E-state index in [1.165, 1.54) is 0 Å². The summed E-state index contributed by atoms with van der Waals surface area (Å²) in [4.78, 5) is 26.5. The number of aromatic nitrogens is 2. The van der Waals surface area contributed by atoms with Crippen LogP contribution in [0, 0.1) is 5.92 Å². The number of halogens is 1. The first-order valence-corrected chi connectivity index (χ1v) is 8.24. The number of amides is 2. The lowest BCUT2D eigenvalue weighted by Gasteiger charge is -2.22. The van der Waals surface area contributed by atoms with Gasteiger partial charge in [-0.25, -0.2) is 0 Å². The maximum atomic E-state index is 12.7. The largest absolute Gasteiger partial charge is 0.351 e. The Labute approximate surface area is 148 Å². The van der Waals surface area contributed by atoms with Gasteiger partial charge in [-0.2, -0.15) is 5.10 Å². The minimum Gasteiger partial charge on any atom is -0.351 e. The van der Waals surface area contributed by atoms with Crippen LogP contribution >= 0.6 is 12.4 Å². The van der Waals surface area contributed by atoms with E-state index >= 15 is 0 Å². The lowest BCUT2D eigenvalue weighted by atomic mass is 9.90. The average molecular weight is 356 g/mol. The molecule has 0 saturated carbocycles. The van der Waals surface area contributed by atoms with E-state index in [0.29, 0.717) is 19.5 Å². The van der Waals surface area contributed by atoms with E-state index in [1.54, 1.807) is 4.68 Å². The molecule has 2 fully saturated rings. The molecule has 0 aromatic carbocycles. The average Bonchev–Trinajstić information content (AvgIpc) is 3.17. The van der Waals surface area contributed by atoms with Crippen molar-refractivity contribution in [3.8, 4) is 0 Å². The Balaban J connectivity index is 0.00000208. The number of nitrogens with one attached hydrogen (secondary N) is 2. The maximum absolute atomic E-state index is 12.7. The Hall–Kier alpha value is -1.60. The number of nitrogens with zero attached hydrogens (tertiary/aromatic N) is 3. The monoisotopic (exact) mass is 355 g/mol. The Bertz CT molecular complexity index is 603. The minimum atomic E-state index is -0.109. The molecule has 134 valence electrons. The van der Waals surface area contributed by atoms with Gasteiger partial charge >= 0.3 is 0 Å². The standard InChI is InChI=1S/C16H25N5O2.ClH/c1-10(2)21-9-12(4-15(21)22)19-16(23)14-7-17-6-13(14)11-5-18-20(3)8-11;/h5,8,10,12-14,17H,4,6-7,9H2,1-3H3,(H,19,23);1H/t12?,13-,14+;/m1./s1. The molecule has 3 rings (SSSR count). The molecular formula is C16H26ClN5O2. The summed E-state index contributed by atoms with van der Waals surface area (Å²) in [5.74, 6) is 0.190. The first-order chi connectivity index (χ1) is 11.0. The molecule has 1 aromatic rings. The fourth-order valence-electron chi connectivity index (χ4n) is 3.57. The first-order valence-electron chi connectivity index (χ1n) is 8.24. The van der Waals surface area contributed by atoms with Gasteiger partial charge in [-0.05, 0) is 19.4 Å². The lowest BCUT2D eigenvalue weighted by molar-refractivity contribution is -0.129. The predicted octanol–water partition coefficient (Wildman–Crippen LogP) is 0.270. The van der Waals surface area contributed by atoms with Gasteiger partial charge in [-0.1, -0.05) is 0 Å². The summed E-state index contributed by atoms with van der Waals surface area (Å²) < 4.78 is 1.76. The zero-order valence-corrected chi connectivity index (χ0v) is 15.2. The molecule has 3 heterocycles. The van der Waals surface area contributed by atoms with Crippen molar-refractivity contribution in [1.82, 2.24) is 25.3 Å². The highest BCUT2D eigenvalue weighted by Crippen LogP contribution is 2.28. The van der Waals surface area contributed by atoms with E-state index in [2.05, 4.69) is 15.7 Å². The SMILES string of the molecule is CC(C)N1CC(NC(=O)[C@H]2CNC[C@@H]2c2cnn(C)c2)CC1=O.Cl. The molecule has 1 aromatic heterocycles. The highest BCUT2D eigenvalue weighted by atomic mass is 35.5. The number of hydrogen-bond donors (Lipinski definition) is 2. The van der Waals surface area contributed by atoms with Gasteiger partial charge in [0.25, 0.3) is 0 Å². The number of hydrogen-bond acceptors (Lipinski definition) is 4. The van der Waals surface area contributed by atoms with Crippen LogP contribution in [-0.4, -0.2) is 58.2 Å². The number of likely N-dealkylation sites (tertiary alicyclic amines) is 1. The normalized spacial score (nSPS) is 26.8. The summed E-state index contributed by atoms with van der Waals surface area (Å²) in [7, 11) is 1.88. The van der Waals surface area contributed by atoms with E-state index in [4.69, 9.17) is 0 Å². The van der Waals surface area contributed by atoms with Gasteiger partial charge in [0.2, 0.25) is 11.8 Å². The molecule has 2 aliphatic rings. The van der Waals surface area contributed by atoms with Crippen molar-refractivity contribution >= 4 is 24.2 Å². The second-order valence-electron chi connectivity index (χ2n) is 6.87. The molecule has 0 bridgehead atoms. The first kappa shape index (κ1) is 18.7. The maximum Gasteiger partial charge on any atom is 0.225 e. The van der Waals surface area contributed by atoms with Crippen LogP contribution in [0.1, 0.15) is 31.7 Å². The van der Waals surface area contributed by atoms with Gasteiger partial charge < -0.3 is 15.5 Å². The van der Waals surface area contributed by atoms with Crippen LogP contribution in [0.25, 0.3) is 0 Å². The van der Waals surface area contributed by atoms with Crippen LogP contribution in [-0.2, 0) is 16.6 Å². The molecule has 2 amide bonds. The van der Waals surface area contributed by atoms with Gasteiger partial charge in [0.1, 0.15) is 0 Å². The van der Waals surface area contributed by atoms with E-state index in [1.807, 2.05) is 38.2 Å². The Morgan fingerprint density at radius 2 is 2.17 bits per heavy atom. The van der Waals surface area contributed by atoms with Crippen LogP contribution in [0.4, 0.5) is 0 Å². The molecule has 2 N–H and O–H groups in total. The highest BCUT2D eigenvalue weighted by molar-refractivity contribution is 5.85. The van der Waals surface area contributed by atoms with Gasteiger partial charge in [0.15, 0.2) is 0 Å². The Morgan fingerprint density at radius 3 is 2.75 bits per heavy atom. The van der Waals surface area contributed by atoms with Gasteiger partial charge in [-0.15, -0.1) is 12.4 Å². The van der Waals surface area contributed by atoms with Gasteiger partial charge in [0.05, 0.1) is 18.2 Å². The van der Waals surface area contributed by atoms with E-state index in [-0.39, 0.29) is 48.1 Å². The fraction of sp³-hybridized carbons (Fsp3) is 0.688. The number of carbonyl (C=O) groups is 2. The van der Waals surface area contributed by atoms with Gasteiger partial charge in [-0.3, -0.25) is 14.3 Å².